The molecular formula is C17H10N2O. The molecule has 4 rings (SSSR count). The summed E-state index contributed by atoms with van der Waals surface area (Å²) in [6.45, 7) is 0. The van der Waals surface area contributed by atoms with Gasteiger partial charge in [-0.05, 0) is 23.6 Å². The number of ether oxygens (including phenoxy) is 1. The van der Waals surface area contributed by atoms with E-state index in [1.54, 1.807) is 12.1 Å². The van der Waals surface area contributed by atoms with Crippen molar-refractivity contribution in [2.75, 3.05) is 5.32 Å². The van der Waals surface area contributed by atoms with Crippen molar-refractivity contribution >= 4 is 22.1 Å². The Morgan fingerprint density at radius 1 is 0.950 bits per heavy atom. The quantitative estimate of drug-likeness (QED) is 0.503. The molecule has 3 nitrogen and oxygen atoms in total. The van der Waals surface area contributed by atoms with E-state index in [0.29, 0.717) is 11.3 Å². The molecule has 0 saturated heterocycles. The Kier molecular flexibility index (Phi) is 2.18. The van der Waals surface area contributed by atoms with Crippen molar-refractivity contribution in [1.29, 1.82) is 5.26 Å². The van der Waals surface area contributed by atoms with Crippen LogP contribution in [0.15, 0.2) is 54.6 Å². The van der Waals surface area contributed by atoms with Crippen molar-refractivity contribution in [1.82, 2.24) is 0 Å². The number of hydrogen-bond donors (Lipinski definition) is 1. The highest BCUT2D eigenvalue weighted by Crippen LogP contribution is 2.45. The molecule has 0 atom stereocenters. The molecule has 1 heterocycles. The van der Waals surface area contributed by atoms with E-state index >= 15 is 0 Å². The van der Waals surface area contributed by atoms with Gasteiger partial charge in [0.1, 0.15) is 0 Å². The molecule has 0 aliphatic carbocycles. The normalized spacial score (nSPS) is 11.8. The molecule has 0 spiro atoms. The number of nitrogens with zero attached hydrogens (tertiary/aromatic N) is 1. The maximum atomic E-state index is 8.95. The highest BCUT2D eigenvalue weighted by atomic mass is 16.5. The lowest BCUT2D eigenvalue weighted by Gasteiger charge is -2.23. The van der Waals surface area contributed by atoms with E-state index in [2.05, 4.69) is 23.5 Å². The average molecular weight is 258 g/mol. The fraction of sp³-hybridized carbons (Fsp3) is 0. The molecule has 0 fully saturated rings. The number of rotatable bonds is 0. The molecule has 3 heteroatoms. The summed E-state index contributed by atoms with van der Waals surface area (Å²) < 4.78 is 5.91. The zero-order valence-corrected chi connectivity index (χ0v) is 10.6. The Balaban J connectivity index is 1.91. The van der Waals surface area contributed by atoms with Crippen molar-refractivity contribution in [2.24, 2.45) is 0 Å². The maximum absolute atomic E-state index is 8.95. The number of fused-ring (bicyclic) bond motifs is 4. The molecule has 3 aromatic rings. The van der Waals surface area contributed by atoms with Gasteiger partial charge in [-0.25, -0.2) is 0 Å². The Morgan fingerprint density at radius 3 is 2.75 bits per heavy atom. The average Bonchev–Trinajstić information content (AvgIpc) is 2.52. The van der Waals surface area contributed by atoms with Gasteiger partial charge in [0.2, 0.25) is 0 Å². The number of benzene rings is 3. The van der Waals surface area contributed by atoms with E-state index in [4.69, 9.17) is 10.00 Å². The van der Waals surface area contributed by atoms with Crippen LogP contribution < -0.4 is 10.1 Å². The molecule has 0 bridgehead atoms. The highest BCUT2D eigenvalue weighted by molar-refractivity contribution is 6.00. The summed E-state index contributed by atoms with van der Waals surface area (Å²) >= 11 is 0. The first-order valence-corrected chi connectivity index (χ1v) is 6.36. The van der Waals surface area contributed by atoms with Gasteiger partial charge in [-0.1, -0.05) is 30.3 Å². The lowest BCUT2D eigenvalue weighted by Crippen LogP contribution is -2.03. The second-order valence-corrected chi connectivity index (χ2v) is 4.71. The fourth-order valence-corrected chi connectivity index (χ4v) is 2.50. The maximum Gasteiger partial charge on any atom is 0.152 e. The third kappa shape index (κ3) is 1.52. The summed E-state index contributed by atoms with van der Waals surface area (Å²) in [7, 11) is 0. The van der Waals surface area contributed by atoms with Gasteiger partial charge in [-0.2, -0.15) is 5.26 Å². The van der Waals surface area contributed by atoms with Gasteiger partial charge in [-0.3, -0.25) is 0 Å². The number of nitrogens with one attached hydrogen (secondary N) is 1. The van der Waals surface area contributed by atoms with Gasteiger partial charge >= 0.3 is 0 Å². The summed E-state index contributed by atoms with van der Waals surface area (Å²) in [5.74, 6) is 1.47. The summed E-state index contributed by atoms with van der Waals surface area (Å²) in [4.78, 5) is 0. The third-order valence-electron chi connectivity index (χ3n) is 3.48. The summed E-state index contributed by atoms with van der Waals surface area (Å²) in [6.07, 6.45) is 0. The summed E-state index contributed by atoms with van der Waals surface area (Å²) in [6, 6.07) is 19.7. The van der Waals surface area contributed by atoms with Gasteiger partial charge in [-0.15, -0.1) is 0 Å². The lowest BCUT2D eigenvalue weighted by atomic mass is 10.1. The van der Waals surface area contributed by atoms with Crippen LogP contribution in [0.4, 0.5) is 11.4 Å². The number of hydrogen-bond acceptors (Lipinski definition) is 3. The second kappa shape index (κ2) is 4.01. The third-order valence-corrected chi connectivity index (χ3v) is 3.48. The standard InChI is InChI=1S/C17H10N2O/c18-10-11-5-7-14-16(9-11)20-15-8-6-12-3-1-2-4-13(12)17(15)19-14/h1-9,19H. The zero-order valence-electron chi connectivity index (χ0n) is 10.6. The van der Waals surface area contributed by atoms with Crippen LogP contribution in [0.5, 0.6) is 11.5 Å². The van der Waals surface area contributed by atoms with Crippen molar-refractivity contribution in [2.45, 2.75) is 0 Å². The Hall–Kier alpha value is -2.99. The minimum absolute atomic E-state index is 0.592. The molecule has 20 heavy (non-hydrogen) atoms. The molecule has 94 valence electrons. The predicted octanol–water partition coefficient (Wildman–Crippen LogP) is 4.56. The van der Waals surface area contributed by atoms with Crippen molar-refractivity contribution < 1.29 is 4.74 Å². The van der Waals surface area contributed by atoms with Gasteiger partial charge in [0.15, 0.2) is 11.5 Å². The highest BCUT2D eigenvalue weighted by Gasteiger charge is 2.18. The van der Waals surface area contributed by atoms with Gasteiger partial charge in [0.05, 0.1) is 23.0 Å². The number of anilines is 2. The van der Waals surface area contributed by atoms with Gasteiger partial charge in [0.25, 0.3) is 0 Å². The first kappa shape index (κ1) is 10.9. The predicted molar refractivity (Wildman–Crippen MR) is 78.5 cm³/mol. The second-order valence-electron chi connectivity index (χ2n) is 4.71. The molecule has 1 N–H and O–H groups in total. The topological polar surface area (TPSA) is 45.0 Å². The van der Waals surface area contributed by atoms with Crippen LogP contribution in [0.25, 0.3) is 10.8 Å². The van der Waals surface area contributed by atoms with E-state index in [9.17, 15) is 0 Å². The SMILES string of the molecule is N#Cc1ccc2c(c1)Oc1ccc3ccccc3c1N2. The molecule has 1 aliphatic heterocycles. The molecular weight excluding hydrogens is 248 g/mol. The smallest absolute Gasteiger partial charge is 0.152 e. The van der Waals surface area contributed by atoms with E-state index in [0.717, 1.165) is 22.5 Å². The van der Waals surface area contributed by atoms with Crippen LogP contribution in [0.1, 0.15) is 5.56 Å². The van der Waals surface area contributed by atoms with Crippen LogP contribution >= 0.6 is 0 Å². The van der Waals surface area contributed by atoms with Crippen LogP contribution in [-0.2, 0) is 0 Å². The molecule has 3 aromatic carbocycles. The minimum atomic E-state index is 0.592. The monoisotopic (exact) mass is 258 g/mol. The van der Waals surface area contributed by atoms with Crippen LogP contribution in [-0.4, -0.2) is 0 Å². The lowest BCUT2D eigenvalue weighted by molar-refractivity contribution is 0.482. The van der Waals surface area contributed by atoms with E-state index < -0.39 is 0 Å². The molecule has 0 unspecified atom stereocenters. The molecule has 0 saturated carbocycles. The van der Waals surface area contributed by atoms with E-state index in [1.165, 1.54) is 5.39 Å². The molecule has 0 aromatic heterocycles. The van der Waals surface area contributed by atoms with Gasteiger partial charge in [0, 0.05) is 11.5 Å². The van der Waals surface area contributed by atoms with E-state index in [1.807, 2.05) is 30.3 Å². The fourth-order valence-electron chi connectivity index (χ4n) is 2.50. The first-order chi connectivity index (χ1) is 9.85. The van der Waals surface area contributed by atoms with Gasteiger partial charge < -0.3 is 10.1 Å². The molecule has 0 amide bonds. The number of nitriles is 1. The van der Waals surface area contributed by atoms with Crippen molar-refractivity contribution in [3.05, 3.63) is 60.2 Å². The minimum Gasteiger partial charge on any atom is -0.453 e. The Morgan fingerprint density at radius 2 is 1.85 bits per heavy atom. The summed E-state index contributed by atoms with van der Waals surface area (Å²) in [5, 5.41) is 14.6. The van der Waals surface area contributed by atoms with Crippen molar-refractivity contribution in [3.8, 4) is 17.6 Å². The van der Waals surface area contributed by atoms with Crippen molar-refractivity contribution in [3.63, 3.8) is 0 Å². The zero-order chi connectivity index (χ0) is 13.5. The molecule has 1 aliphatic rings. The largest absolute Gasteiger partial charge is 0.453 e. The van der Waals surface area contributed by atoms with Crippen LogP contribution in [0, 0.1) is 11.3 Å². The Labute approximate surface area is 116 Å². The molecule has 0 radical (unpaired) electrons. The Bertz CT molecular complexity index is 878. The van der Waals surface area contributed by atoms with Crippen LogP contribution in [0.2, 0.25) is 0 Å². The van der Waals surface area contributed by atoms with Crippen LogP contribution in [0.3, 0.4) is 0 Å². The van der Waals surface area contributed by atoms with E-state index in [-0.39, 0.29) is 0 Å². The summed E-state index contributed by atoms with van der Waals surface area (Å²) in [5.41, 5.74) is 2.45. The first-order valence-electron chi connectivity index (χ1n) is 6.36.